The number of nitrogens with one attached hydrogen (secondary N) is 1. The van der Waals surface area contributed by atoms with E-state index in [0.29, 0.717) is 4.99 Å². The fourth-order valence-electron chi connectivity index (χ4n) is 1.98. The van der Waals surface area contributed by atoms with E-state index in [1.807, 2.05) is 49.4 Å². The van der Waals surface area contributed by atoms with Gasteiger partial charge in [0, 0.05) is 16.9 Å². The highest BCUT2D eigenvalue weighted by Gasteiger charge is 2.06. The van der Waals surface area contributed by atoms with Crippen molar-refractivity contribution in [2.45, 2.75) is 20.3 Å². The third-order valence-electron chi connectivity index (χ3n) is 3.05. The SMILES string of the molecule is CCCOc1ccc(Nc2ccc(C)cc2C(N)=S)cc1. The molecule has 110 valence electrons. The molecule has 2 aromatic carbocycles. The molecule has 0 heterocycles. The van der Waals surface area contributed by atoms with E-state index in [9.17, 15) is 0 Å². The molecule has 3 nitrogen and oxygen atoms in total. The number of anilines is 2. The molecule has 3 N–H and O–H groups in total. The van der Waals surface area contributed by atoms with Gasteiger partial charge in [0.1, 0.15) is 10.7 Å². The van der Waals surface area contributed by atoms with Crippen LogP contribution in [0.4, 0.5) is 11.4 Å². The van der Waals surface area contributed by atoms with Crippen molar-refractivity contribution < 1.29 is 4.74 Å². The molecular formula is C17H20N2OS. The van der Waals surface area contributed by atoms with Crippen LogP contribution in [0.1, 0.15) is 24.5 Å². The van der Waals surface area contributed by atoms with Gasteiger partial charge >= 0.3 is 0 Å². The van der Waals surface area contributed by atoms with Crippen LogP contribution in [-0.4, -0.2) is 11.6 Å². The van der Waals surface area contributed by atoms with Crippen LogP contribution in [0, 0.1) is 6.92 Å². The van der Waals surface area contributed by atoms with E-state index in [2.05, 4.69) is 12.2 Å². The van der Waals surface area contributed by atoms with Gasteiger partial charge in [-0.2, -0.15) is 0 Å². The molecule has 0 aromatic heterocycles. The maximum Gasteiger partial charge on any atom is 0.119 e. The lowest BCUT2D eigenvalue weighted by molar-refractivity contribution is 0.317. The highest BCUT2D eigenvalue weighted by atomic mass is 32.1. The summed E-state index contributed by atoms with van der Waals surface area (Å²) in [5, 5.41) is 3.34. The second kappa shape index (κ2) is 7.09. The van der Waals surface area contributed by atoms with Gasteiger partial charge in [-0.15, -0.1) is 0 Å². The van der Waals surface area contributed by atoms with Gasteiger partial charge in [0.2, 0.25) is 0 Å². The van der Waals surface area contributed by atoms with E-state index in [1.165, 1.54) is 0 Å². The molecule has 2 rings (SSSR count). The number of aryl methyl sites for hydroxylation is 1. The average molecular weight is 300 g/mol. The fourth-order valence-corrected chi connectivity index (χ4v) is 2.15. The monoisotopic (exact) mass is 300 g/mol. The van der Waals surface area contributed by atoms with Crippen molar-refractivity contribution in [2.24, 2.45) is 5.73 Å². The summed E-state index contributed by atoms with van der Waals surface area (Å²) in [7, 11) is 0. The zero-order valence-corrected chi connectivity index (χ0v) is 13.2. The maximum absolute atomic E-state index is 5.79. The van der Waals surface area contributed by atoms with Crippen molar-refractivity contribution in [2.75, 3.05) is 11.9 Å². The van der Waals surface area contributed by atoms with Crippen molar-refractivity contribution in [1.29, 1.82) is 0 Å². The molecular weight excluding hydrogens is 280 g/mol. The molecule has 2 aromatic rings. The van der Waals surface area contributed by atoms with Gasteiger partial charge in [-0.3, -0.25) is 0 Å². The Hall–Kier alpha value is -2.07. The maximum atomic E-state index is 5.79. The first kappa shape index (κ1) is 15.3. The fraction of sp³-hybridized carbons (Fsp3) is 0.235. The van der Waals surface area contributed by atoms with Gasteiger partial charge in [-0.05, 0) is 49.7 Å². The number of hydrogen-bond acceptors (Lipinski definition) is 3. The Morgan fingerprint density at radius 3 is 2.52 bits per heavy atom. The van der Waals surface area contributed by atoms with Crippen molar-refractivity contribution in [3.8, 4) is 5.75 Å². The van der Waals surface area contributed by atoms with Crippen molar-refractivity contribution in [3.63, 3.8) is 0 Å². The molecule has 0 amide bonds. The minimum absolute atomic E-state index is 0.393. The number of thiocarbonyl (C=S) groups is 1. The van der Waals surface area contributed by atoms with E-state index >= 15 is 0 Å². The molecule has 0 aliphatic heterocycles. The van der Waals surface area contributed by atoms with Gasteiger partial charge in [0.25, 0.3) is 0 Å². The Kier molecular flexibility index (Phi) is 5.17. The van der Waals surface area contributed by atoms with Crippen molar-refractivity contribution in [3.05, 3.63) is 53.6 Å². The van der Waals surface area contributed by atoms with Gasteiger partial charge in [0.05, 0.1) is 6.61 Å². The minimum Gasteiger partial charge on any atom is -0.494 e. The molecule has 0 bridgehead atoms. The third-order valence-corrected chi connectivity index (χ3v) is 3.27. The molecule has 4 heteroatoms. The number of hydrogen-bond donors (Lipinski definition) is 2. The Balaban J connectivity index is 2.16. The van der Waals surface area contributed by atoms with Crippen molar-refractivity contribution >= 4 is 28.6 Å². The summed E-state index contributed by atoms with van der Waals surface area (Å²) in [5.41, 5.74) is 9.66. The van der Waals surface area contributed by atoms with Crippen LogP contribution < -0.4 is 15.8 Å². The summed E-state index contributed by atoms with van der Waals surface area (Å²) in [6.45, 7) is 4.84. The lowest BCUT2D eigenvalue weighted by Crippen LogP contribution is -2.12. The van der Waals surface area contributed by atoms with Crippen LogP contribution in [0.25, 0.3) is 0 Å². The second-order valence-corrected chi connectivity index (χ2v) is 5.35. The topological polar surface area (TPSA) is 47.3 Å². The van der Waals surface area contributed by atoms with Crippen LogP contribution in [0.15, 0.2) is 42.5 Å². The number of rotatable bonds is 6. The normalized spacial score (nSPS) is 10.2. The molecule has 0 atom stereocenters. The highest BCUT2D eigenvalue weighted by Crippen LogP contribution is 2.24. The molecule has 0 spiro atoms. The molecule has 21 heavy (non-hydrogen) atoms. The van der Waals surface area contributed by atoms with E-state index in [-0.39, 0.29) is 0 Å². The predicted octanol–water partition coefficient (Wildman–Crippen LogP) is 4.16. The zero-order chi connectivity index (χ0) is 15.2. The summed E-state index contributed by atoms with van der Waals surface area (Å²) < 4.78 is 5.57. The molecule has 0 aliphatic carbocycles. The predicted molar refractivity (Wildman–Crippen MR) is 92.6 cm³/mol. The van der Waals surface area contributed by atoms with Gasteiger partial charge in [-0.1, -0.05) is 30.8 Å². The van der Waals surface area contributed by atoms with E-state index < -0.39 is 0 Å². The summed E-state index contributed by atoms with van der Waals surface area (Å²) in [6, 6.07) is 13.9. The first-order chi connectivity index (χ1) is 10.1. The van der Waals surface area contributed by atoms with E-state index in [4.69, 9.17) is 22.7 Å². The van der Waals surface area contributed by atoms with Crippen LogP contribution in [0.5, 0.6) is 5.75 Å². The molecule has 0 radical (unpaired) electrons. The average Bonchev–Trinajstić information content (AvgIpc) is 2.48. The number of nitrogens with two attached hydrogens (primary N) is 1. The quantitative estimate of drug-likeness (QED) is 0.786. The molecule has 0 aliphatic rings. The Bertz CT molecular complexity index is 623. The lowest BCUT2D eigenvalue weighted by atomic mass is 10.1. The minimum atomic E-state index is 0.393. The van der Waals surface area contributed by atoms with Gasteiger partial charge in [-0.25, -0.2) is 0 Å². The van der Waals surface area contributed by atoms with Crippen LogP contribution in [0.3, 0.4) is 0 Å². The Morgan fingerprint density at radius 2 is 1.90 bits per heavy atom. The van der Waals surface area contributed by atoms with Crippen LogP contribution >= 0.6 is 12.2 Å². The molecule has 0 saturated carbocycles. The number of benzene rings is 2. The standard InChI is InChI=1S/C17H20N2OS/c1-3-10-20-14-7-5-13(6-8-14)19-16-9-4-12(2)11-15(16)17(18)21/h4-9,11,19H,3,10H2,1-2H3,(H2,18,21). The van der Waals surface area contributed by atoms with Crippen molar-refractivity contribution in [1.82, 2.24) is 0 Å². The van der Waals surface area contributed by atoms with Crippen LogP contribution in [-0.2, 0) is 0 Å². The number of ether oxygens (including phenoxy) is 1. The first-order valence-corrected chi connectivity index (χ1v) is 7.41. The van der Waals surface area contributed by atoms with Crippen LogP contribution in [0.2, 0.25) is 0 Å². The third kappa shape index (κ3) is 4.20. The second-order valence-electron chi connectivity index (χ2n) is 4.91. The highest BCUT2D eigenvalue weighted by molar-refractivity contribution is 7.80. The zero-order valence-electron chi connectivity index (χ0n) is 12.3. The molecule has 0 saturated heterocycles. The summed E-state index contributed by atoms with van der Waals surface area (Å²) in [5.74, 6) is 0.876. The van der Waals surface area contributed by atoms with Gasteiger partial charge in [0.15, 0.2) is 0 Å². The largest absolute Gasteiger partial charge is 0.494 e. The summed E-state index contributed by atoms with van der Waals surface area (Å²) >= 11 is 5.11. The van der Waals surface area contributed by atoms with E-state index in [0.717, 1.165) is 41.3 Å². The van der Waals surface area contributed by atoms with E-state index in [1.54, 1.807) is 0 Å². The Labute approximate surface area is 131 Å². The smallest absolute Gasteiger partial charge is 0.119 e. The molecule has 0 fully saturated rings. The van der Waals surface area contributed by atoms with Gasteiger partial charge < -0.3 is 15.8 Å². The summed E-state index contributed by atoms with van der Waals surface area (Å²) in [4.78, 5) is 0.393. The molecule has 0 unspecified atom stereocenters. The Morgan fingerprint density at radius 1 is 1.19 bits per heavy atom. The first-order valence-electron chi connectivity index (χ1n) is 7.00. The summed E-state index contributed by atoms with van der Waals surface area (Å²) in [6.07, 6.45) is 1.00. The lowest BCUT2D eigenvalue weighted by Gasteiger charge is -2.13.